The van der Waals surface area contributed by atoms with Crippen LogP contribution in [0, 0.1) is 31.3 Å². The Kier molecular flexibility index (Phi) is 5.46. The topological polar surface area (TPSA) is 49.4 Å². The maximum atomic E-state index is 13.6. The Labute approximate surface area is 143 Å². The van der Waals surface area contributed by atoms with E-state index in [1.165, 1.54) is 11.8 Å². The minimum absolute atomic E-state index is 0.380. The van der Waals surface area contributed by atoms with Crippen LogP contribution in [0.4, 0.5) is 24.5 Å². The van der Waals surface area contributed by atoms with E-state index in [-0.39, 0.29) is 5.91 Å². The van der Waals surface area contributed by atoms with Gasteiger partial charge in [0.05, 0.1) is 5.69 Å². The molecule has 4 nitrogen and oxygen atoms in total. The summed E-state index contributed by atoms with van der Waals surface area (Å²) in [5, 5.41) is 2.15. The van der Waals surface area contributed by atoms with Crippen molar-refractivity contribution in [2.75, 3.05) is 16.8 Å². The summed E-state index contributed by atoms with van der Waals surface area (Å²) >= 11 is 0. The molecule has 132 valence electrons. The lowest BCUT2D eigenvalue weighted by atomic mass is 10.1. The second kappa shape index (κ2) is 7.38. The van der Waals surface area contributed by atoms with Crippen LogP contribution in [0.3, 0.4) is 0 Å². The number of carbonyl (C=O) groups excluding carboxylic acids is 2. The number of benzene rings is 2. The van der Waals surface area contributed by atoms with Crippen molar-refractivity contribution >= 4 is 23.2 Å². The first-order chi connectivity index (χ1) is 11.7. The van der Waals surface area contributed by atoms with E-state index in [0.29, 0.717) is 11.8 Å². The highest BCUT2D eigenvalue weighted by Crippen LogP contribution is 2.23. The van der Waals surface area contributed by atoms with E-state index >= 15 is 0 Å². The van der Waals surface area contributed by atoms with Crippen LogP contribution in [-0.2, 0) is 9.59 Å². The van der Waals surface area contributed by atoms with Crippen molar-refractivity contribution < 1.29 is 22.8 Å². The zero-order valence-corrected chi connectivity index (χ0v) is 14.0. The molecule has 2 rings (SSSR count). The quantitative estimate of drug-likeness (QED) is 0.855. The van der Waals surface area contributed by atoms with E-state index in [0.717, 1.165) is 17.2 Å². The number of rotatable bonds is 4. The summed E-state index contributed by atoms with van der Waals surface area (Å²) in [7, 11) is 0. The number of nitrogens with one attached hydrogen (secondary N) is 1. The van der Waals surface area contributed by atoms with E-state index in [4.69, 9.17) is 0 Å². The fourth-order valence-corrected chi connectivity index (χ4v) is 2.33. The monoisotopic (exact) mass is 350 g/mol. The van der Waals surface area contributed by atoms with Gasteiger partial charge in [0, 0.05) is 12.6 Å². The van der Waals surface area contributed by atoms with Gasteiger partial charge in [0.2, 0.25) is 11.8 Å². The molecule has 0 aliphatic rings. The first kappa shape index (κ1) is 18.5. The van der Waals surface area contributed by atoms with Crippen molar-refractivity contribution in [3.8, 4) is 0 Å². The van der Waals surface area contributed by atoms with E-state index in [1.807, 2.05) is 19.1 Å². The normalized spacial score (nSPS) is 10.5. The second-order valence-electron chi connectivity index (χ2n) is 5.67. The molecule has 2 aromatic carbocycles. The summed E-state index contributed by atoms with van der Waals surface area (Å²) < 4.78 is 39.8. The van der Waals surface area contributed by atoms with Gasteiger partial charge in [-0.1, -0.05) is 12.1 Å². The van der Waals surface area contributed by atoms with Crippen molar-refractivity contribution in [3.05, 3.63) is 58.9 Å². The smallest absolute Gasteiger partial charge is 0.244 e. The Hall–Kier alpha value is -2.83. The zero-order valence-electron chi connectivity index (χ0n) is 14.0. The molecular formula is C18H17F3N2O2. The highest BCUT2D eigenvalue weighted by atomic mass is 19.2. The third-order valence-corrected chi connectivity index (χ3v) is 3.65. The lowest BCUT2D eigenvalue weighted by Crippen LogP contribution is -2.37. The lowest BCUT2D eigenvalue weighted by molar-refractivity contribution is -0.120. The molecule has 2 amide bonds. The number of amides is 2. The number of nitrogens with zero attached hydrogens (tertiary/aromatic N) is 1. The molecule has 1 N–H and O–H groups in total. The lowest BCUT2D eigenvalue weighted by Gasteiger charge is -2.23. The van der Waals surface area contributed by atoms with Gasteiger partial charge in [-0.15, -0.1) is 0 Å². The van der Waals surface area contributed by atoms with Gasteiger partial charge >= 0.3 is 0 Å². The van der Waals surface area contributed by atoms with Gasteiger partial charge in [0.1, 0.15) is 6.54 Å². The summed E-state index contributed by atoms with van der Waals surface area (Å²) in [5.41, 5.74) is 1.74. The molecule has 0 unspecified atom stereocenters. The molecule has 7 heteroatoms. The van der Waals surface area contributed by atoms with E-state index < -0.39 is 35.6 Å². The molecule has 0 aromatic heterocycles. The van der Waals surface area contributed by atoms with E-state index in [1.54, 1.807) is 13.0 Å². The van der Waals surface area contributed by atoms with Crippen LogP contribution in [0.15, 0.2) is 30.3 Å². The second-order valence-corrected chi connectivity index (χ2v) is 5.67. The van der Waals surface area contributed by atoms with Crippen LogP contribution in [0.25, 0.3) is 0 Å². The number of carbonyl (C=O) groups is 2. The number of hydrogen-bond donors (Lipinski definition) is 1. The van der Waals surface area contributed by atoms with Gasteiger partial charge in [-0.3, -0.25) is 9.59 Å². The first-order valence-corrected chi connectivity index (χ1v) is 7.49. The molecule has 0 bridgehead atoms. The summed E-state index contributed by atoms with van der Waals surface area (Å²) in [6.45, 7) is 4.54. The highest BCUT2D eigenvalue weighted by Gasteiger charge is 2.20. The van der Waals surface area contributed by atoms with Gasteiger partial charge in [-0.05, 0) is 43.2 Å². The molecule has 0 atom stereocenters. The molecule has 0 aliphatic heterocycles. The number of halogens is 3. The molecule has 0 saturated carbocycles. The van der Waals surface area contributed by atoms with Crippen LogP contribution in [0.2, 0.25) is 0 Å². The maximum absolute atomic E-state index is 13.6. The predicted molar refractivity (Wildman–Crippen MR) is 88.9 cm³/mol. The summed E-state index contributed by atoms with van der Waals surface area (Å²) in [5.74, 6) is -5.63. The summed E-state index contributed by atoms with van der Waals surface area (Å²) in [4.78, 5) is 25.3. The maximum Gasteiger partial charge on any atom is 0.244 e. The molecule has 0 saturated heterocycles. The van der Waals surface area contributed by atoms with Gasteiger partial charge in [-0.25, -0.2) is 13.2 Å². The molecule has 0 fully saturated rings. The van der Waals surface area contributed by atoms with Gasteiger partial charge in [-0.2, -0.15) is 0 Å². The predicted octanol–water partition coefficient (Wildman–Crippen LogP) is 3.71. The van der Waals surface area contributed by atoms with Gasteiger partial charge in [0.25, 0.3) is 0 Å². The van der Waals surface area contributed by atoms with Crippen LogP contribution in [-0.4, -0.2) is 18.4 Å². The molecule has 0 aliphatic carbocycles. The Balaban J connectivity index is 2.23. The Morgan fingerprint density at radius 1 is 1.04 bits per heavy atom. The molecule has 0 spiro atoms. The minimum Gasteiger partial charge on any atom is -0.322 e. The van der Waals surface area contributed by atoms with E-state index in [9.17, 15) is 22.8 Å². The largest absolute Gasteiger partial charge is 0.322 e. The summed E-state index contributed by atoms with van der Waals surface area (Å²) in [6.07, 6.45) is 0. The van der Waals surface area contributed by atoms with E-state index in [2.05, 4.69) is 5.32 Å². The summed E-state index contributed by atoms with van der Waals surface area (Å²) in [6, 6.07) is 7.06. The number of hydrogen-bond acceptors (Lipinski definition) is 2. The third kappa shape index (κ3) is 4.17. The van der Waals surface area contributed by atoms with Crippen LogP contribution >= 0.6 is 0 Å². The Morgan fingerprint density at radius 3 is 2.36 bits per heavy atom. The minimum atomic E-state index is -1.67. The highest BCUT2D eigenvalue weighted by molar-refractivity contribution is 6.02. The average Bonchev–Trinajstić information content (AvgIpc) is 2.55. The molecule has 2 aromatic rings. The molecule has 0 heterocycles. The van der Waals surface area contributed by atoms with Crippen LogP contribution in [0.1, 0.15) is 18.1 Å². The Bertz CT molecular complexity index is 837. The first-order valence-electron chi connectivity index (χ1n) is 7.49. The van der Waals surface area contributed by atoms with Crippen molar-refractivity contribution in [3.63, 3.8) is 0 Å². The number of anilines is 2. The van der Waals surface area contributed by atoms with Crippen molar-refractivity contribution in [2.45, 2.75) is 20.8 Å². The fraction of sp³-hybridized carbons (Fsp3) is 0.222. The standard InChI is InChI=1S/C18H17F3N2O2/c1-10-4-5-11(2)15(8-10)23(12(3)24)9-16(25)22-14-7-6-13(19)17(20)18(14)21/h4-8H,9H2,1-3H3,(H,22,25). The van der Waals surface area contributed by atoms with Gasteiger partial charge in [0.15, 0.2) is 17.5 Å². The van der Waals surface area contributed by atoms with Gasteiger partial charge < -0.3 is 10.2 Å². The zero-order chi connectivity index (χ0) is 18.7. The van der Waals surface area contributed by atoms with Crippen molar-refractivity contribution in [2.24, 2.45) is 0 Å². The van der Waals surface area contributed by atoms with Crippen molar-refractivity contribution in [1.82, 2.24) is 0 Å². The van der Waals surface area contributed by atoms with Crippen LogP contribution in [0.5, 0.6) is 0 Å². The molecule has 25 heavy (non-hydrogen) atoms. The SMILES string of the molecule is CC(=O)N(CC(=O)Nc1ccc(F)c(F)c1F)c1cc(C)ccc1C. The van der Waals surface area contributed by atoms with Crippen molar-refractivity contribution in [1.29, 1.82) is 0 Å². The molecule has 0 radical (unpaired) electrons. The third-order valence-electron chi connectivity index (χ3n) is 3.65. The molecular weight excluding hydrogens is 333 g/mol. The van der Waals surface area contributed by atoms with Crippen LogP contribution < -0.4 is 10.2 Å². The fourth-order valence-electron chi connectivity index (χ4n) is 2.33. The Morgan fingerprint density at radius 2 is 1.72 bits per heavy atom. The average molecular weight is 350 g/mol. The number of aryl methyl sites for hydroxylation is 2.